The molecule has 0 aliphatic heterocycles. The summed E-state index contributed by atoms with van der Waals surface area (Å²) in [6, 6.07) is 27.0. The van der Waals surface area contributed by atoms with Gasteiger partial charge in [-0.05, 0) is 92.1 Å². The smallest absolute Gasteiger partial charge is 0.261 e. The number of para-hydroxylation sites is 1. The Kier molecular flexibility index (Phi) is 5.91. The van der Waals surface area contributed by atoms with Crippen LogP contribution in [0.5, 0.6) is 0 Å². The standard InChI is InChI=1S/C29H27N3O2S/c1-4-32-28-8-6-5-7-26(28)27-18-22(9-14-29(27)32)19-30-23-10-12-25(13-11-23)35(33,34)31-24-16-20(2)15-21(3)17-24/h5-19,31H,4H2,1-3H3. The van der Waals surface area contributed by atoms with Gasteiger partial charge in [0, 0.05) is 40.3 Å². The average Bonchev–Trinajstić information content (AvgIpc) is 3.15. The highest BCUT2D eigenvalue weighted by molar-refractivity contribution is 7.92. The fraction of sp³-hybridized carbons (Fsp3) is 0.138. The monoisotopic (exact) mass is 481 g/mol. The molecular formula is C29H27N3O2S. The minimum absolute atomic E-state index is 0.199. The second kappa shape index (κ2) is 9.04. The number of fused-ring (bicyclic) bond motifs is 3. The van der Waals surface area contributed by atoms with Crippen LogP contribution >= 0.6 is 0 Å². The number of hydrogen-bond acceptors (Lipinski definition) is 3. The average molecular weight is 482 g/mol. The van der Waals surface area contributed by atoms with Gasteiger partial charge in [0.05, 0.1) is 10.6 Å². The summed E-state index contributed by atoms with van der Waals surface area (Å²) < 4.78 is 30.6. The van der Waals surface area contributed by atoms with Crippen LogP contribution in [0.4, 0.5) is 11.4 Å². The van der Waals surface area contributed by atoms with Gasteiger partial charge in [0.15, 0.2) is 0 Å². The molecule has 5 rings (SSSR count). The maximum atomic E-state index is 12.8. The van der Waals surface area contributed by atoms with E-state index in [9.17, 15) is 8.42 Å². The molecule has 1 aromatic heterocycles. The molecule has 0 saturated carbocycles. The summed E-state index contributed by atoms with van der Waals surface area (Å²) >= 11 is 0. The number of sulfonamides is 1. The van der Waals surface area contributed by atoms with Gasteiger partial charge >= 0.3 is 0 Å². The van der Waals surface area contributed by atoms with Gasteiger partial charge in [-0.1, -0.05) is 30.3 Å². The third-order valence-corrected chi connectivity index (χ3v) is 7.49. The maximum Gasteiger partial charge on any atom is 0.261 e. The van der Waals surface area contributed by atoms with Crippen LogP contribution in [0, 0.1) is 13.8 Å². The number of aryl methyl sites for hydroxylation is 3. The lowest BCUT2D eigenvalue weighted by Gasteiger charge is -2.10. The highest BCUT2D eigenvalue weighted by Crippen LogP contribution is 2.29. The molecule has 176 valence electrons. The SMILES string of the molecule is CCn1c2ccccc2c2cc(C=Nc3ccc(S(=O)(=O)Nc4cc(C)cc(C)c4)cc3)ccc21. The fourth-order valence-corrected chi connectivity index (χ4v) is 5.64. The van der Waals surface area contributed by atoms with E-state index in [4.69, 9.17) is 0 Å². The normalized spacial score (nSPS) is 12.1. The van der Waals surface area contributed by atoms with E-state index < -0.39 is 10.0 Å². The topological polar surface area (TPSA) is 63.5 Å². The van der Waals surface area contributed by atoms with Crippen molar-refractivity contribution < 1.29 is 8.42 Å². The largest absolute Gasteiger partial charge is 0.341 e. The first kappa shape index (κ1) is 22.9. The molecule has 0 aliphatic rings. The Labute approximate surface area is 205 Å². The molecule has 1 heterocycles. The van der Waals surface area contributed by atoms with Gasteiger partial charge in [0.2, 0.25) is 0 Å². The molecule has 0 atom stereocenters. The van der Waals surface area contributed by atoms with E-state index in [2.05, 4.69) is 63.7 Å². The minimum Gasteiger partial charge on any atom is -0.341 e. The van der Waals surface area contributed by atoms with E-state index in [0.717, 1.165) is 23.2 Å². The lowest BCUT2D eigenvalue weighted by molar-refractivity contribution is 0.601. The van der Waals surface area contributed by atoms with Crippen molar-refractivity contribution in [2.24, 2.45) is 4.99 Å². The van der Waals surface area contributed by atoms with Crippen molar-refractivity contribution >= 4 is 49.4 Å². The first-order valence-corrected chi connectivity index (χ1v) is 13.1. The molecular weight excluding hydrogens is 454 g/mol. The first-order valence-electron chi connectivity index (χ1n) is 11.6. The van der Waals surface area contributed by atoms with Crippen LogP contribution in [0.2, 0.25) is 0 Å². The van der Waals surface area contributed by atoms with Crippen molar-refractivity contribution in [3.8, 4) is 0 Å². The molecule has 5 aromatic rings. The van der Waals surface area contributed by atoms with Crippen LogP contribution < -0.4 is 4.72 Å². The van der Waals surface area contributed by atoms with Crippen molar-refractivity contribution in [2.75, 3.05) is 4.72 Å². The van der Waals surface area contributed by atoms with Gasteiger partial charge in [-0.2, -0.15) is 0 Å². The van der Waals surface area contributed by atoms with Crippen LogP contribution in [-0.4, -0.2) is 19.2 Å². The summed E-state index contributed by atoms with van der Waals surface area (Å²) in [5, 5.41) is 2.43. The molecule has 35 heavy (non-hydrogen) atoms. The number of anilines is 1. The van der Waals surface area contributed by atoms with Crippen molar-refractivity contribution in [1.82, 2.24) is 4.57 Å². The summed E-state index contributed by atoms with van der Waals surface area (Å²) in [5.74, 6) is 0. The second-order valence-corrected chi connectivity index (χ2v) is 10.5. The molecule has 4 aromatic carbocycles. The van der Waals surface area contributed by atoms with E-state index in [1.54, 1.807) is 24.3 Å². The van der Waals surface area contributed by atoms with Crippen molar-refractivity contribution in [3.63, 3.8) is 0 Å². The highest BCUT2D eigenvalue weighted by Gasteiger charge is 2.14. The Morgan fingerprint density at radius 3 is 2.23 bits per heavy atom. The van der Waals surface area contributed by atoms with Gasteiger partial charge in [-0.15, -0.1) is 0 Å². The lowest BCUT2D eigenvalue weighted by atomic mass is 10.1. The fourth-order valence-electron chi connectivity index (χ4n) is 4.60. The van der Waals surface area contributed by atoms with Crippen LogP contribution in [-0.2, 0) is 16.6 Å². The van der Waals surface area contributed by atoms with E-state index in [-0.39, 0.29) is 4.90 Å². The van der Waals surface area contributed by atoms with Crippen LogP contribution in [0.15, 0.2) is 94.8 Å². The quantitative estimate of drug-likeness (QED) is 0.266. The minimum atomic E-state index is -3.68. The Balaban J connectivity index is 1.39. The summed E-state index contributed by atoms with van der Waals surface area (Å²) in [4.78, 5) is 4.77. The summed E-state index contributed by atoms with van der Waals surface area (Å²) in [5.41, 5.74) is 6.68. The molecule has 0 bridgehead atoms. The van der Waals surface area contributed by atoms with Crippen LogP contribution in [0.25, 0.3) is 21.8 Å². The molecule has 0 radical (unpaired) electrons. The van der Waals surface area contributed by atoms with Crippen LogP contribution in [0.3, 0.4) is 0 Å². The third-order valence-electron chi connectivity index (χ3n) is 6.10. The van der Waals surface area contributed by atoms with E-state index in [1.807, 2.05) is 38.3 Å². The molecule has 0 amide bonds. The molecule has 0 spiro atoms. The molecule has 6 heteroatoms. The number of benzene rings is 4. The summed E-state index contributed by atoms with van der Waals surface area (Å²) in [6.45, 7) is 6.95. The Bertz CT molecular complexity index is 1660. The lowest BCUT2D eigenvalue weighted by Crippen LogP contribution is -2.13. The number of aliphatic imine (C=N–C) groups is 1. The van der Waals surface area contributed by atoms with Crippen molar-refractivity contribution in [3.05, 3.63) is 102 Å². The van der Waals surface area contributed by atoms with Gasteiger partial charge in [-0.25, -0.2) is 8.42 Å². The predicted molar refractivity (Wildman–Crippen MR) is 146 cm³/mol. The number of nitrogens with zero attached hydrogens (tertiary/aromatic N) is 2. The molecule has 0 fully saturated rings. The number of hydrogen-bond donors (Lipinski definition) is 1. The number of rotatable bonds is 6. The van der Waals surface area contributed by atoms with Crippen molar-refractivity contribution in [1.29, 1.82) is 0 Å². The highest BCUT2D eigenvalue weighted by atomic mass is 32.2. The van der Waals surface area contributed by atoms with E-state index in [1.165, 1.54) is 21.8 Å². The Morgan fingerprint density at radius 1 is 0.829 bits per heavy atom. The van der Waals surface area contributed by atoms with Crippen LogP contribution in [0.1, 0.15) is 23.6 Å². The maximum absolute atomic E-state index is 12.8. The molecule has 0 unspecified atom stereocenters. The first-order chi connectivity index (χ1) is 16.8. The molecule has 1 N–H and O–H groups in total. The van der Waals surface area contributed by atoms with Gasteiger partial charge < -0.3 is 4.57 Å². The second-order valence-electron chi connectivity index (χ2n) is 8.77. The molecule has 0 saturated heterocycles. The predicted octanol–water partition coefficient (Wildman–Crippen LogP) is 6.98. The zero-order chi connectivity index (χ0) is 24.6. The summed E-state index contributed by atoms with van der Waals surface area (Å²) in [6.07, 6.45) is 1.81. The Morgan fingerprint density at radius 2 is 1.51 bits per heavy atom. The third kappa shape index (κ3) is 4.57. The van der Waals surface area contributed by atoms with E-state index >= 15 is 0 Å². The van der Waals surface area contributed by atoms with Gasteiger partial charge in [0.1, 0.15) is 0 Å². The zero-order valence-electron chi connectivity index (χ0n) is 20.0. The summed E-state index contributed by atoms with van der Waals surface area (Å²) in [7, 11) is -3.68. The zero-order valence-corrected chi connectivity index (χ0v) is 20.8. The van der Waals surface area contributed by atoms with E-state index in [0.29, 0.717) is 11.4 Å². The van der Waals surface area contributed by atoms with Gasteiger partial charge in [-0.3, -0.25) is 9.71 Å². The molecule has 0 aliphatic carbocycles. The number of aromatic nitrogens is 1. The molecule has 5 nitrogen and oxygen atoms in total. The number of nitrogens with one attached hydrogen (secondary N) is 1. The van der Waals surface area contributed by atoms with Crippen molar-refractivity contribution in [2.45, 2.75) is 32.2 Å². The van der Waals surface area contributed by atoms with Gasteiger partial charge in [0.25, 0.3) is 10.0 Å². The Hall–Kier alpha value is -3.90.